The van der Waals surface area contributed by atoms with Gasteiger partial charge in [0.25, 0.3) is 0 Å². The predicted molar refractivity (Wildman–Crippen MR) is 83.0 cm³/mol. The Morgan fingerprint density at radius 3 is 2.14 bits per heavy atom. The average Bonchev–Trinajstić information content (AvgIpc) is 2.42. The number of hydrogen-bond acceptors (Lipinski definition) is 3. The van der Waals surface area contributed by atoms with Crippen molar-refractivity contribution in [1.82, 2.24) is 9.80 Å². The highest BCUT2D eigenvalue weighted by molar-refractivity contribution is 6.30. The molecule has 0 fully saturated rings. The minimum atomic E-state index is -1.07. The number of likely N-dealkylation sites (N-methyl/N-ethyl adjacent to an activating group) is 2. The zero-order chi connectivity index (χ0) is 16.0. The van der Waals surface area contributed by atoms with Crippen LogP contribution < -0.4 is 4.90 Å². The van der Waals surface area contributed by atoms with E-state index >= 15 is 0 Å². The maximum atomic E-state index is 12.4. The third-order valence-corrected chi connectivity index (χ3v) is 3.12. The maximum absolute atomic E-state index is 12.4. The van der Waals surface area contributed by atoms with Gasteiger partial charge in [0, 0.05) is 30.8 Å². The molecule has 7 heteroatoms. The Bertz CT molecular complexity index is 491. The van der Waals surface area contributed by atoms with E-state index in [0.29, 0.717) is 23.8 Å². The molecule has 0 atom stereocenters. The van der Waals surface area contributed by atoms with E-state index in [1.165, 1.54) is 9.80 Å². The summed E-state index contributed by atoms with van der Waals surface area (Å²) >= 11 is 5.81. The Labute approximate surface area is 129 Å². The molecule has 1 aromatic rings. The van der Waals surface area contributed by atoms with Crippen LogP contribution in [0.1, 0.15) is 0 Å². The summed E-state index contributed by atoms with van der Waals surface area (Å²) in [6.07, 6.45) is 0. The first kappa shape index (κ1) is 17.3. The van der Waals surface area contributed by atoms with E-state index in [1.807, 2.05) is 19.0 Å². The molecular weight excluding hydrogens is 294 g/mol. The summed E-state index contributed by atoms with van der Waals surface area (Å²) in [4.78, 5) is 28.1. The zero-order valence-electron chi connectivity index (χ0n) is 12.4. The average molecular weight is 314 g/mol. The van der Waals surface area contributed by atoms with Gasteiger partial charge in [-0.15, -0.1) is 0 Å². The highest BCUT2D eigenvalue weighted by atomic mass is 35.5. The number of carboxylic acid groups (broad SMARTS) is 1. The Kier molecular flexibility index (Phi) is 6.45. The first-order chi connectivity index (χ1) is 9.81. The Balaban J connectivity index is 2.88. The molecule has 0 aromatic heterocycles. The second-order valence-corrected chi connectivity index (χ2v) is 5.40. The smallest absolute Gasteiger partial charge is 0.324 e. The van der Waals surface area contributed by atoms with Gasteiger partial charge < -0.3 is 14.9 Å². The fraction of sp³-hybridized carbons (Fsp3) is 0.429. The predicted octanol–water partition coefficient (Wildman–Crippen LogP) is 1.84. The largest absolute Gasteiger partial charge is 0.480 e. The number of hydrogen-bond donors (Lipinski definition) is 1. The van der Waals surface area contributed by atoms with Gasteiger partial charge in [0.2, 0.25) is 0 Å². The number of halogens is 1. The van der Waals surface area contributed by atoms with E-state index in [-0.39, 0.29) is 6.03 Å². The van der Waals surface area contributed by atoms with Crippen molar-refractivity contribution in [2.24, 2.45) is 0 Å². The molecule has 1 aromatic carbocycles. The van der Waals surface area contributed by atoms with Crippen LogP contribution in [-0.2, 0) is 4.79 Å². The zero-order valence-corrected chi connectivity index (χ0v) is 13.2. The van der Waals surface area contributed by atoms with Gasteiger partial charge in [0.05, 0.1) is 0 Å². The number of carbonyl (C=O) groups is 2. The van der Waals surface area contributed by atoms with Crippen LogP contribution in [0.2, 0.25) is 5.02 Å². The topological polar surface area (TPSA) is 64.1 Å². The molecule has 0 aliphatic carbocycles. The van der Waals surface area contributed by atoms with E-state index in [4.69, 9.17) is 16.7 Å². The highest BCUT2D eigenvalue weighted by Crippen LogP contribution is 2.19. The van der Waals surface area contributed by atoms with Gasteiger partial charge in [0.1, 0.15) is 6.54 Å². The summed E-state index contributed by atoms with van der Waals surface area (Å²) in [5, 5.41) is 9.53. The van der Waals surface area contributed by atoms with E-state index in [0.717, 1.165) is 0 Å². The molecule has 0 radical (unpaired) electrons. The van der Waals surface area contributed by atoms with Crippen LogP contribution >= 0.6 is 11.6 Å². The molecule has 1 rings (SSSR count). The minimum Gasteiger partial charge on any atom is -0.480 e. The number of urea groups is 1. The van der Waals surface area contributed by atoms with Crippen LogP contribution in [0.25, 0.3) is 0 Å². The highest BCUT2D eigenvalue weighted by Gasteiger charge is 2.22. The Hall–Kier alpha value is -1.79. The fourth-order valence-electron chi connectivity index (χ4n) is 1.68. The number of amides is 2. The lowest BCUT2D eigenvalue weighted by Crippen LogP contribution is -2.45. The number of carboxylic acids is 1. The molecule has 21 heavy (non-hydrogen) atoms. The maximum Gasteiger partial charge on any atom is 0.324 e. The lowest BCUT2D eigenvalue weighted by atomic mass is 10.3. The summed E-state index contributed by atoms with van der Waals surface area (Å²) in [6.45, 7) is 0.812. The Morgan fingerprint density at radius 2 is 1.67 bits per heavy atom. The molecule has 0 aliphatic rings. The standard InChI is InChI=1S/C14H20ClN3O3/c1-16(2)8-9-17(3)14(21)18(10-13(19)20)12-6-4-11(15)5-7-12/h4-7H,8-10H2,1-3H3,(H,19,20). The van der Waals surface area contributed by atoms with Gasteiger partial charge in [0.15, 0.2) is 0 Å². The number of carbonyl (C=O) groups excluding carboxylic acids is 1. The molecule has 0 saturated heterocycles. The molecule has 0 saturated carbocycles. The van der Waals surface area contributed by atoms with Crippen molar-refractivity contribution in [3.63, 3.8) is 0 Å². The third-order valence-electron chi connectivity index (χ3n) is 2.87. The van der Waals surface area contributed by atoms with Crippen molar-refractivity contribution >= 4 is 29.3 Å². The van der Waals surface area contributed by atoms with Crippen molar-refractivity contribution in [2.45, 2.75) is 0 Å². The van der Waals surface area contributed by atoms with Crippen molar-refractivity contribution < 1.29 is 14.7 Å². The molecule has 116 valence electrons. The van der Waals surface area contributed by atoms with Gasteiger partial charge in [-0.1, -0.05) is 11.6 Å². The lowest BCUT2D eigenvalue weighted by molar-refractivity contribution is -0.135. The second kappa shape index (κ2) is 7.85. The van der Waals surface area contributed by atoms with Crippen molar-refractivity contribution in [3.8, 4) is 0 Å². The number of rotatable bonds is 6. The molecule has 0 aliphatic heterocycles. The van der Waals surface area contributed by atoms with Crippen molar-refractivity contribution in [2.75, 3.05) is 45.7 Å². The number of anilines is 1. The quantitative estimate of drug-likeness (QED) is 0.870. The van der Waals surface area contributed by atoms with Crippen LogP contribution in [-0.4, -0.2) is 67.7 Å². The van der Waals surface area contributed by atoms with Gasteiger partial charge in [-0.25, -0.2) is 4.79 Å². The van der Waals surface area contributed by atoms with Gasteiger partial charge in [-0.05, 0) is 38.4 Å². The SMILES string of the molecule is CN(C)CCN(C)C(=O)N(CC(=O)O)c1ccc(Cl)cc1. The van der Waals surface area contributed by atoms with Crippen LogP contribution in [0, 0.1) is 0 Å². The fourth-order valence-corrected chi connectivity index (χ4v) is 1.80. The first-order valence-corrected chi connectivity index (χ1v) is 6.83. The lowest BCUT2D eigenvalue weighted by Gasteiger charge is -2.28. The van der Waals surface area contributed by atoms with Crippen molar-refractivity contribution in [3.05, 3.63) is 29.3 Å². The summed E-state index contributed by atoms with van der Waals surface area (Å²) in [6, 6.07) is 6.14. The summed E-state index contributed by atoms with van der Waals surface area (Å²) in [7, 11) is 5.47. The number of nitrogens with zero attached hydrogens (tertiary/aromatic N) is 3. The van der Waals surface area contributed by atoms with Crippen LogP contribution in [0.15, 0.2) is 24.3 Å². The Morgan fingerprint density at radius 1 is 1.10 bits per heavy atom. The third kappa shape index (κ3) is 5.61. The summed E-state index contributed by atoms with van der Waals surface area (Å²) < 4.78 is 0. The number of benzene rings is 1. The van der Waals surface area contributed by atoms with E-state index in [2.05, 4.69) is 0 Å². The van der Waals surface area contributed by atoms with Gasteiger partial charge in [-0.3, -0.25) is 9.69 Å². The number of aliphatic carboxylic acids is 1. The molecule has 1 N–H and O–H groups in total. The van der Waals surface area contributed by atoms with E-state index in [1.54, 1.807) is 31.3 Å². The second-order valence-electron chi connectivity index (χ2n) is 4.96. The minimum absolute atomic E-state index is 0.360. The van der Waals surface area contributed by atoms with Crippen LogP contribution in [0.3, 0.4) is 0 Å². The molecule has 6 nitrogen and oxygen atoms in total. The molecule has 2 amide bonds. The van der Waals surface area contributed by atoms with Gasteiger partial charge >= 0.3 is 12.0 Å². The summed E-state index contributed by atoms with van der Waals surface area (Å²) in [5.74, 6) is -1.07. The van der Waals surface area contributed by atoms with Crippen LogP contribution in [0.5, 0.6) is 0 Å². The normalized spacial score (nSPS) is 10.5. The van der Waals surface area contributed by atoms with E-state index < -0.39 is 12.5 Å². The molecule has 0 heterocycles. The molecule has 0 unspecified atom stereocenters. The molecule has 0 spiro atoms. The van der Waals surface area contributed by atoms with Crippen molar-refractivity contribution in [1.29, 1.82) is 0 Å². The molecule has 0 bridgehead atoms. The molecular formula is C14H20ClN3O3. The van der Waals surface area contributed by atoms with Gasteiger partial charge in [-0.2, -0.15) is 0 Å². The summed E-state index contributed by atoms with van der Waals surface area (Å²) in [5.41, 5.74) is 0.503. The van der Waals surface area contributed by atoms with Crippen LogP contribution in [0.4, 0.5) is 10.5 Å². The monoisotopic (exact) mass is 313 g/mol. The van der Waals surface area contributed by atoms with E-state index in [9.17, 15) is 9.59 Å². The first-order valence-electron chi connectivity index (χ1n) is 6.46.